The number of hydrogen-bond acceptors (Lipinski definition) is 2. The van der Waals surface area contributed by atoms with Crippen molar-refractivity contribution in [2.75, 3.05) is 6.26 Å². The van der Waals surface area contributed by atoms with Crippen molar-refractivity contribution in [1.29, 1.82) is 0 Å². The van der Waals surface area contributed by atoms with Crippen LogP contribution in [0.15, 0.2) is 47.4 Å². The monoisotopic (exact) mass is 284 g/mol. The molecule has 0 atom stereocenters. The second-order valence-electron chi connectivity index (χ2n) is 3.93. The maximum Gasteiger partial charge on any atom is 0.175 e. The zero-order chi connectivity index (χ0) is 13.3. The van der Waals surface area contributed by atoms with Crippen molar-refractivity contribution >= 4 is 21.4 Å². The molecule has 0 saturated carbocycles. The Kier molecular flexibility index (Phi) is 3.41. The van der Waals surface area contributed by atoms with Crippen molar-refractivity contribution in [3.05, 3.63) is 53.3 Å². The Hall–Kier alpha value is -1.39. The average molecular weight is 285 g/mol. The van der Waals surface area contributed by atoms with Gasteiger partial charge < -0.3 is 0 Å². The molecule has 18 heavy (non-hydrogen) atoms. The van der Waals surface area contributed by atoms with Gasteiger partial charge in [-0.3, -0.25) is 0 Å². The molecule has 0 heterocycles. The Morgan fingerprint density at radius 2 is 1.72 bits per heavy atom. The van der Waals surface area contributed by atoms with Gasteiger partial charge in [-0.2, -0.15) is 0 Å². The fraction of sp³-hybridized carbons (Fsp3) is 0.0769. The molecule has 0 fully saturated rings. The molecule has 0 spiro atoms. The third-order valence-corrected chi connectivity index (χ3v) is 3.92. The van der Waals surface area contributed by atoms with E-state index in [0.29, 0.717) is 11.1 Å². The SMILES string of the molecule is CS(=O)(=O)c1cccc(-c2ccc(F)c(Cl)c2)c1. The summed E-state index contributed by atoms with van der Waals surface area (Å²) in [6.45, 7) is 0. The third-order valence-electron chi connectivity index (χ3n) is 2.52. The van der Waals surface area contributed by atoms with Crippen molar-refractivity contribution in [3.8, 4) is 11.1 Å². The van der Waals surface area contributed by atoms with Gasteiger partial charge in [-0.15, -0.1) is 0 Å². The average Bonchev–Trinajstić information content (AvgIpc) is 2.32. The highest BCUT2D eigenvalue weighted by molar-refractivity contribution is 7.90. The highest BCUT2D eigenvalue weighted by atomic mass is 35.5. The van der Waals surface area contributed by atoms with Gasteiger partial charge in [0.15, 0.2) is 9.84 Å². The van der Waals surface area contributed by atoms with Gasteiger partial charge >= 0.3 is 0 Å². The molecule has 2 nitrogen and oxygen atoms in total. The summed E-state index contributed by atoms with van der Waals surface area (Å²) in [5.41, 5.74) is 1.35. The second-order valence-corrected chi connectivity index (χ2v) is 6.35. The molecule has 0 aliphatic heterocycles. The molecular weight excluding hydrogens is 275 g/mol. The number of hydrogen-bond donors (Lipinski definition) is 0. The Bertz CT molecular complexity index is 696. The van der Waals surface area contributed by atoms with Gasteiger partial charge in [0.05, 0.1) is 9.92 Å². The summed E-state index contributed by atoms with van der Waals surface area (Å²) in [5.74, 6) is -0.500. The van der Waals surface area contributed by atoms with Crippen LogP contribution in [0.2, 0.25) is 5.02 Å². The first kappa shape index (κ1) is 13.1. The largest absolute Gasteiger partial charge is 0.224 e. The Morgan fingerprint density at radius 1 is 1.06 bits per heavy atom. The minimum absolute atomic E-state index is 0.0114. The first-order valence-corrected chi connectivity index (χ1v) is 7.40. The van der Waals surface area contributed by atoms with E-state index in [0.717, 1.165) is 6.26 Å². The Labute approximate surface area is 110 Å². The fourth-order valence-electron chi connectivity index (χ4n) is 1.58. The summed E-state index contributed by atoms with van der Waals surface area (Å²) >= 11 is 5.70. The van der Waals surface area contributed by atoms with Gasteiger partial charge in [-0.1, -0.05) is 29.8 Å². The van der Waals surface area contributed by atoms with E-state index >= 15 is 0 Å². The maximum absolute atomic E-state index is 13.1. The summed E-state index contributed by atoms with van der Waals surface area (Å²) in [6, 6.07) is 10.7. The lowest BCUT2D eigenvalue weighted by Crippen LogP contribution is -1.96. The molecule has 2 aromatic rings. The van der Waals surface area contributed by atoms with Gasteiger partial charge in [0.1, 0.15) is 5.82 Å². The zero-order valence-corrected chi connectivity index (χ0v) is 11.1. The first-order chi connectivity index (χ1) is 8.38. The molecule has 0 unspecified atom stereocenters. The summed E-state index contributed by atoms with van der Waals surface area (Å²) in [7, 11) is -3.26. The van der Waals surface area contributed by atoms with Crippen LogP contribution in [0.25, 0.3) is 11.1 Å². The number of sulfone groups is 1. The lowest BCUT2D eigenvalue weighted by molar-refractivity contribution is 0.602. The van der Waals surface area contributed by atoms with Crippen LogP contribution in [-0.4, -0.2) is 14.7 Å². The molecular formula is C13H10ClFO2S. The van der Waals surface area contributed by atoms with Gasteiger partial charge in [0.25, 0.3) is 0 Å². The highest BCUT2D eigenvalue weighted by Crippen LogP contribution is 2.26. The van der Waals surface area contributed by atoms with E-state index in [1.807, 2.05) is 0 Å². The van der Waals surface area contributed by atoms with Crippen molar-refractivity contribution in [1.82, 2.24) is 0 Å². The van der Waals surface area contributed by atoms with Crippen LogP contribution in [0.1, 0.15) is 0 Å². The number of rotatable bonds is 2. The predicted molar refractivity (Wildman–Crippen MR) is 70.0 cm³/mol. The molecule has 2 rings (SSSR count). The number of benzene rings is 2. The van der Waals surface area contributed by atoms with E-state index in [1.165, 1.54) is 18.2 Å². The summed E-state index contributed by atoms with van der Waals surface area (Å²) in [6.07, 6.45) is 1.14. The second kappa shape index (κ2) is 4.71. The minimum Gasteiger partial charge on any atom is -0.224 e. The summed E-state index contributed by atoms with van der Waals surface area (Å²) in [5, 5.41) is 0.0114. The van der Waals surface area contributed by atoms with Crippen molar-refractivity contribution in [3.63, 3.8) is 0 Å². The van der Waals surface area contributed by atoms with E-state index in [2.05, 4.69) is 0 Å². The van der Waals surface area contributed by atoms with Crippen molar-refractivity contribution in [2.24, 2.45) is 0 Å². The highest BCUT2D eigenvalue weighted by Gasteiger charge is 2.09. The van der Waals surface area contributed by atoms with Crippen molar-refractivity contribution in [2.45, 2.75) is 4.90 Å². The molecule has 0 aliphatic rings. The predicted octanol–water partition coefficient (Wildman–Crippen LogP) is 3.55. The van der Waals surface area contributed by atoms with E-state index < -0.39 is 15.7 Å². The molecule has 0 aliphatic carbocycles. The Balaban J connectivity index is 2.55. The molecule has 2 aromatic carbocycles. The standard InChI is InChI=1S/C13H10ClFO2S/c1-18(16,17)11-4-2-3-9(7-11)10-5-6-13(15)12(14)8-10/h2-8H,1H3. The van der Waals surface area contributed by atoms with E-state index in [-0.39, 0.29) is 9.92 Å². The van der Waals surface area contributed by atoms with Crippen LogP contribution in [0.5, 0.6) is 0 Å². The van der Waals surface area contributed by atoms with Gasteiger partial charge in [-0.25, -0.2) is 12.8 Å². The van der Waals surface area contributed by atoms with Crippen molar-refractivity contribution < 1.29 is 12.8 Å². The maximum atomic E-state index is 13.1. The lowest BCUT2D eigenvalue weighted by atomic mass is 10.1. The fourth-order valence-corrected chi connectivity index (χ4v) is 2.43. The summed E-state index contributed by atoms with van der Waals surface area (Å²) < 4.78 is 36.0. The first-order valence-electron chi connectivity index (χ1n) is 5.13. The molecule has 0 aromatic heterocycles. The molecule has 0 N–H and O–H groups in total. The minimum atomic E-state index is -3.26. The zero-order valence-electron chi connectivity index (χ0n) is 9.52. The summed E-state index contributed by atoms with van der Waals surface area (Å²) in [4.78, 5) is 0.223. The van der Waals surface area contributed by atoms with Crippen LogP contribution in [0.4, 0.5) is 4.39 Å². The molecule has 5 heteroatoms. The molecule has 0 amide bonds. The molecule has 94 valence electrons. The van der Waals surface area contributed by atoms with Crippen LogP contribution >= 0.6 is 11.6 Å². The van der Waals surface area contributed by atoms with Crippen LogP contribution in [-0.2, 0) is 9.84 Å². The lowest BCUT2D eigenvalue weighted by Gasteiger charge is -2.05. The van der Waals surface area contributed by atoms with Gasteiger partial charge in [0, 0.05) is 6.26 Å². The molecule has 0 bridgehead atoms. The smallest absolute Gasteiger partial charge is 0.175 e. The quantitative estimate of drug-likeness (QED) is 0.845. The van der Waals surface area contributed by atoms with Crippen LogP contribution in [0.3, 0.4) is 0 Å². The van der Waals surface area contributed by atoms with E-state index in [9.17, 15) is 12.8 Å². The van der Waals surface area contributed by atoms with E-state index in [1.54, 1.807) is 24.3 Å². The number of halogens is 2. The third kappa shape index (κ3) is 2.71. The topological polar surface area (TPSA) is 34.1 Å². The van der Waals surface area contributed by atoms with Gasteiger partial charge in [0.2, 0.25) is 0 Å². The molecule has 0 saturated heterocycles. The molecule has 0 radical (unpaired) electrons. The van der Waals surface area contributed by atoms with Gasteiger partial charge in [-0.05, 0) is 35.4 Å². The van der Waals surface area contributed by atoms with Crippen LogP contribution in [0, 0.1) is 5.82 Å². The van der Waals surface area contributed by atoms with Crippen LogP contribution < -0.4 is 0 Å². The Morgan fingerprint density at radius 3 is 2.33 bits per heavy atom. The van der Waals surface area contributed by atoms with E-state index in [4.69, 9.17) is 11.6 Å². The normalized spacial score (nSPS) is 11.5.